The number of benzene rings is 2. The van der Waals surface area contributed by atoms with Gasteiger partial charge in [0.25, 0.3) is 0 Å². The summed E-state index contributed by atoms with van der Waals surface area (Å²) < 4.78 is 0. The van der Waals surface area contributed by atoms with Gasteiger partial charge in [0.05, 0.1) is 5.25 Å². The minimum atomic E-state index is -0.156. The molecular formula is C18H18Cl3NOS2. The number of hydrogen-bond donors (Lipinski definition) is 1. The summed E-state index contributed by atoms with van der Waals surface area (Å²) in [7, 11) is 0. The van der Waals surface area contributed by atoms with Crippen molar-refractivity contribution in [1.29, 1.82) is 0 Å². The smallest absolute Gasteiger partial charge is 0.233 e. The van der Waals surface area contributed by atoms with Gasteiger partial charge < -0.3 is 5.32 Å². The summed E-state index contributed by atoms with van der Waals surface area (Å²) in [4.78, 5) is 13.2. The maximum absolute atomic E-state index is 12.1. The second-order valence-electron chi connectivity index (χ2n) is 5.29. The largest absolute Gasteiger partial charge is 0.354 e. The highest BCUT2D eigenvalue weighted by molar-refractivity contribution is 8.00. The van der Waals surface area contributed by atoms with E-state index in [-0.39, 0.29) is 11.2 Å². The van der Waals surface area contributed by atoms with Crippen molar-refractivity contribution in [3.05, 3.63) is 63.1 Å². The van der Waals surface area contributed by atoms with E-state index in [1.165, 1.54) is 11.8 Å². The third-order valence-corrected chi connectivity index (χ3v) is 6.27. The van der Waals surface area contributed by atoms with Gasteiger partial charge in [-0.05, 0) is 48.9 Å². The van der Waals surface area contributed by atoms with Crippen LogP contribution in [0.25, 0.3) is 0 Å². The quantitative estimate of drug-likeness (QED) is 0.397. The molecule has 0 aliphatic heterocycles. The molecule has 0 aliphatic carbocycles. The van der Waals surface area contributed by atoms with Gasteiger partial charge in [0.2, 0.25) is 5.91 Å². The van der Waals surface area contributed by atoms with Crippen molar-refractivity contribution in [2.75, 3.05) is 12.3 Å². The van der Waals surface area contributed by atoms with Gasteiger partial charge in [-0.25, -0.2) is 0 Å². The summed E-state index contributed by atoms with van der Waals surface area (Å²) in [5.41, 5.74) is 1.05. The molecule has 1 N–H and O–H groups in total. The molecule has 1 amide bonds. The molecule has 0 aromatic heterocycles. The maximum atomic E-state index is 12.1. The number of nitrogens with one attached hydrogen (secondary N) is 1. The van der Waals surface area contributed by atoms with Gasteiger partial charge in [0, 0.05) is 38.0 Å². The lowest BCUT2D eigenvalue weighted by atomic mass is 10.2. The van der Waals surface area contributed by atoms with Gasteiger partial charge in [-0.15, -0.1) is 11.8 Å². The highest BCUT2D eigenvalue weighted by Gasteiger charge is 2.13. The minimum absolute atomic E-state index is 0.0325. The summed E-state index contributed by atoms with van der Waals surface area (Å²) >= 11 is 21.1. The average molecular weight is 435 g/mol. The van der Waals surface area contributed by atoms with E-state index < -0.39 is 0 Å². The number of rotatable bonds is 8. The van der Waals surface area contributed by atoms with Crippen molar-refractivity contribution < 1.29 is 4.79 Å². The van der Waals surface area contributed by atoms with Gasteiger partial charge in [-0.2, -0.15) is 11.8 Å². The first-order valence-electron chi connectivity index (χ1n) is 7.67. The first-order chi connectivity index (χ1) is 12.0. The second-order valence-corrected chi connectivity index (χ2v) is 9.09. The Labute approximate surface area is 172 Å². The van der Waals surface area contributed by atoms with Crippen LogP contribution in [-0.4, -0.2) is 23.5 Å². The second kappa shape index (κ2) is 10.6. The molecule has 2 nitrogen and oxygen atoms in total. The molecule has 0 spiro atoms. The SMILES string of the molecule is CC(Sc1ccc(Cl)cc1)C(=O)NCCSCc1ccc(Cl)cc1Cl. The summed E-state index contributed by atoms with van der Waals surface area (Å²) in [6.45, 7) is 2.52. The summed E-state index contributed by atoms with van der Waals surface area (Å²) in [6.07, 6.45) is 0. The lowest BCUT2D eigenvalue weighted by Crippen LogP contribution is -2.32. The molecule has 7 heteroatoms. The molecule has 2 aromatic carbocycles. The van der Waals surface area contributed by atoms with E-state index in [2.05, 4.69) is 5.32 Å². The van der Waals surface area contributed by atoms with E-state index in [0.717, 1.165) is 22.0 Å². The van der Waals surface area contributed by atoms with Crippen molar-refractivity contribution >= 4 is 64.2 Å². The highest BCUT2D eigenvalue weighted by atomic mass is 35.5. The molecule has 0 heterocycles. The lowest BCUT2D eigenvalue weighted by Gasteiger charge is -2.12. The zero-order chi connectivity index (χ0) is 18.2. The predicted octanol–water partition coefficient (Wildman–Crippen LogP) is 6.18. The van der Waals surface area contributed by atoms with Crippen molar-refractivity contribution in [2.45, 2.75) is 22.8 Å². The Morgan fingerprint density at radius 3 is 2.44 bits per heavy atom. The van der Waals surface area contributed by atoms with E-state index in [1.807, 2.05) is 43.3 Å². The van der Waals surface area contributed by atoms with Crippen LogP contribution >= 0.6 is 58.3 Å². The number of carbonyl (C=O) groups excluding carboxylic acids is 1. The molecule has 0 aliphatic rings. The lowest BCUT2D eigenvalue weighted by molar-refractivity contribution is -0.120. The molecule has 0 saturated heterocycles. The molecule has 0 fully saturated rings. The Balaban J connectivity index is 1.66. The highest BCUT2D eigenvalue weighted by Crippen LogP contribution is 2.25. The Morgan fingerprint density at radius 2 is 1.76 bits per heavy atom. The van der Waals surface area contributed by atoms with Crippen LogP contribution in [0.1, 0.15) is 12.5 Å². The zero-order valence-electron chi connectivity index (χ0n) is 13.6. The predicted molar refractivity (Wildman–Crippen MR) is 112 cm³/mol. The Kier molecular flexibility index (Phi) is 8.80. The van der Waals surface area contributed by atoms with Gasteiger partial charge in [0.1, 0.15) is 0 Å². The van der Waals surface area contributed by atoms with E-state index >= 15 is 0 Å². The van der Waals surface area contributed by atoms with Crippen LogP contribution in [0, 0.1) is 0 Å². The van der Waals surface area contributed by atoms with Crippen molar-refractivity contribution in [3.8, 4) is 0 Å². The fourth-order valence-corrected chi connectivity index (χ4v) is 4.42. The van der Waals surface area contributed by atoms with E-state index in [1.54, 1.807) is 17.8 Å². The molecule has 1 unspecified atom stereocenters. The van der Waals surface area contributed by atoms with Gasteiger partial charge in [-0.1, -0.05) is 40.9 Å². The van der Waals surface area contributed by atoms with E-state index in [9.17, 15) is 4.79 Å². The van der Waals surface area contributed by atoms with E-state index in [4.69, 9.17) is 34.8 Å². The van der Waals surface area contributed by atoms with Crippen LogP contribution in [0.15, 0.2) is 47.4 Å². The van der Waals surface area contributed by atoms with Crippen LogP contribution in [0.3, 0.4) is 0 Å². The molecule has 2 aromatic rings. The van der Waals surface area contributed by atoms with Gasteiger partial charge >= 0.3 is 0 Å². The van der Waals surface area contributed by atoms with Crippen LogP contribution in [0.5, 0.6) is 0 Å². The number of carbonyl (C=O) groups is 1. The van der Waals surface area contributed by atoms with Crippen molar-refractivity contribution in [1.82, 2.24) is 5.32 Å². The molecule has 0 bridgehead atoms. The number of halogens is 3. The van der Waals surface area contributed by atoms with Crippen molar-refractivity contribution in [2.24, 2.45) is 0 Å². The monoisotopic (exact) mass is 433 g/mol. The van der Waals surface area contributed by atoms with E-state index in [0.29, 0.717) is 21.6 Å². The molecule has 0 radical (unpaired) electrons. The van der Waals surface area contributed by atoms with Crippen molar-refractivity contribution in [3.63, 3.8) is 0 Å². The molecule has 0 saturated carbocycles. The Hall–Kier alpha value is -0.520. The average Bonchev–Trinajstić information content (AvgIpc) is 2.58. The summed E-state index contributed by atoms with van der Waals surface area (Å²) in [5, 5.41) is 4.82. The maximum Gasteiger partial charge on any atom is 0.233 e. The molecule has 2 rings (SSSR count). The summed E-state index contributed by atoms with van der Waals surface area (Å²) in [6, 6.07) is 13.0. The third-order valence-electron chi connectivity index (χ3n) is 3.31. The number of thioether (sulfide) groups is 2. The fourth-order valence-electron chi connectivity index (χ4n) is 1.98. The van der Waals surface area contributed by atoms with Gasteiger partial charge in [-0.3, -0.25) is 4.79 Å². The third kappa shape index (κ3) is 7.32. The summed E-state index contributed by atoms with van der Waals surface area (Å²) in [5.74, 6) is 1.65. The van der Waals surface area contributed by atoms with Crippen LogP contribution in [-0.2, 0) is 10.5 Å². The zero-order valence-corrected chi connectivity index (χ0v) is 17.5. The standard InChI is InChI=1S/C18H18Cl3NOS2/c1-12(25-16-6-4-14(19)5-7-16)18(23)22-8-9-24-11-13-2-3-15(20)10-17(13)21/h2-7,10,12H,8-9,11H2,1H3,(H,22,23). The first-order valence-corrected chi connectivity index (χ1v) is 10.8. The molecule has 25 heavy (non-hydrogen) atoms. The fraction of sp³-hybridized carbons (Fsp3) is 0.278. The first kappa shape index (κ1) is 20.8. The Morgan fingerprint density at radius 1 is 1.08 bits per heavy atom. The molecular weight excluding hydrogens is 417 g/mol. The normalized spacial score (nSPS) is 12.0. The minimum Gasteiger partial charge on any atom is -0.354 e. The van der Waals surface area contributed by atoms with Gasteiger partial charge in [0.15, 0.2) is 0 Å². The van der Waals surface area contributed by atoms with Crippen LogP contribution in [0.2, 0.25) is 15.1 Å². The van der Waals surface area contributed by atoms with Crippen LogP contribution < -0.4 is 5.32 Å². The molecule has 134 valence electrons. The molecule has 1 atom stereocenters. The topological polar surface area (TPSA) is 29.1 Å². The van der Waals surface area contributed by atoms with Crippen LogP contribution in [0.4, 0.5) is 0 Å². The number of amides is 1. The Bertz CT molecular complexity index is 710. The number of hydrogen-bond acceptors (Lipinski definition) is 3.